The normalized spacial score (nSPS) is 17.6. The SMILES string of the molecule is O=C(NCC1(c2ccc3c(c2)OCCO3)CCCC1)c1cc2ccccc2o1. The van der Waals surface area contributed by atoms with Crippen molar-refractivity contribution in [3.63, 3.8) is 0 Å². The van der Waals surface area contributed by atoms with Crippen LogP contribution in [-0.2, 0) is 5.41 Å². The van der Waals surface area contributed by atoms with E-state index in [1.54, 1.807) is 6.07 Å². The van der Waals surface area contributed by atoms with E-state index in [1.165, 1.54) is 5.56 Å². The van der Waals surface area contributed by atoms with Crippen LogP contribution in [0.2, 0.25) is 0 Å². The van der Waals surface area contributed by atoms with Crippen LogP contribution in [0.25, 0.3) is 11.0 Å². The number of ether oxygens (including phenoxy) is 2. The van der Waals surface area contributed by atoms with Gasteiger partial charge in [-0.15, -0.1) is 0 Å². The van der Waals surface area contributed by atoms with E-state index in [0.717, 1.165) is 48.2 Å². The molecule has 1 aliphatic heterocycles. The van der Waals surface area contributed by atoms with Gasteiger partial charge in [0.15, 0.2) is 17.3 Å². The Hall–Kier alpha value is -2.95. The van der Waals surface area contributed by atoms with Gasteiger partial charge in [-0.2, -0.15) is 0 Å². The molecule has 1 saturated carbocycles. The van der Waals surface area contributed by atoms with Crippen LogP contribution in [0, 0.1) is 0 Å². The molecule has 3 aromatic rings. The van der Waals surface area contributed by atoms with Gasteiger partial charge in [-0.05, 0) is 42.7 Å². The van der Waals surface area contributed by atoms with Crippen LogP contribution in [0.5, 0.6) is 11.5 Å². The summed E-state index contributed by atoms with van der Waals surface area (Å²) in [4.78, 5) is 12.7. The van der Waals surface area contributed by atoms with Crippen LogP contribution in [0.1, 0.15) is 41.8 Å². The average Bonchev–Trinajstić information content (AvgIpc) is 3.39. The third-order valence-corrected chi connectivity index (χ3v) is 5.95. The van der Waals surface area contributed by atoms with Crippen molar-refractivity contribution in [1.82, 2.24) is 5.32 Å². The second kappa shape index (κ2) is 6.89. The Kier molecular flexibility index (Phi) is 4.23. The maximum absolute atomic E-state index is 12.7. The van der Waals surface area contributed by atoms with Crippen molar-refractivity contribution in [2.24, 2.45) is 0 Å². The molecule has 1 N–H and O–H groups in total. The van der Waals surface area contributed by atoms with Crippen molar-refractivity contribution < 1.29 is 18.7 Å². The summed E-state index contributed by atoms with van der Waals surface area (Å²) in [6.45, 7) is 1.75. The minimum Gasteiger partial charge on any atom is -0.486 e. The van der Waals surface area contributed by atoms with Crippen LogP contribution in [-0.4, -0.2) is 25.7 Å². The number of fused-ring (bicyclic) bond motifs is 2. The van der Waals surface area contributed by atoms with Crippen LogP contribution >= 0.6 is 0 Å². The molecule has 5 heteroatoms. The Labute approximate surface area is 163 Å². The van der Waals surface area contributed by atoms with Crippen molar-refractivity contribution in [3.8, 4) is 11.5 Å². The Bertz CT molecular complexity index is 983. The summed E-state index contributed by atoms with van der Waals surface area (Å²) in [5, 5.41) is 4.06. The first-order chi connectivity index (χ1) is 13.7. The summed E-state index contributed by atoms with van der Waals surface area (Å²) in [6, 6.07) is 15.7. The first-order valence-electron chi connectivity index (χ1n) is 9.90. The zero-order valence-corrected chi connectivity index (χ0v) is 15.7. The van der Waals surface area contributed by atoms with E-state index in [-0.39, 0.29) is 11.3 Å². The number of para-hydroxylation sites is 1. The van der Waals surface area contributed by atoms with Gasteiger partial charge >= 0.3 is 0 Å². The summed E-state index contributed by atoms with van der Waals surface area (Å²) in [5.41, 5.74) is 1.87. The first-order valence-corrected chi connectivity index (χ1v) is 9.90. The maximum atomic E-state index is 12.7. The topological polar surface area (TPSA) is 60.7 Å². The largest absolute Gasteiger partial charge is 0.486 e. The average molecular weight is 377 g/mol. The molecule has 1 aliphatic carbocycles. The standard InChI is InChI=1S/C23H23NO4/c25-22(21-13-16-5-1-2-6-18(16)28-21)24-15-23(9-3-4-10-23)17-7-8-19-20(14-17)27-12-11-26-19/h1-2,5-8,13-14H,3-4,9-12,15H2,(H,24,25). The second-order valence-corrected chi connectivity index (χ2v) is 7.68. The third kappa shape index (κ3) is 3.01. The van der Waals surface area contributed by atoms with Gasteiger partial charge < -0.3 is 19.2 Å². The fraction of sp³-hybridized carbons (Fsp3) is 0.348. The van der Waals surface area contributed by atoms with Crippen molar-refractivity contribution in [2.75, 3.05) is 19.8 Å². The molecule has 144 valence electrons. The van der Waals surface area contributed by atoms with Crippen molar-refractivity contribution in [3.05, 3.63) is 59.9 Å². The molecule has 28 heavy (non-hydrogen) atoms. The van der Waals surface area contributed by atoms with Crippen molar-refractivity contribution in [1.29, 1.82) is 0 Å². The summed E-state index contributed by atoms with van der Waals surface area (Å²) in [5.74, 6) is 1.80. The minimum absolute atomic E-state index is 0.0719. The zero-order valence-electron chi connectivity index (χ0n) is 15.7. The zero-order chi connectivity index (χ0) is 19.0. The molecule has 2 aliphatic rings. The van der Waals surface area contributed by atoms with E-state index in [0.29, 0.717) is 25.5 Å². The number of hydrogen-bond donors (Lipinski definition) is 1. The smallest absolute Gasteiger partial charge is 0.287 e. The van der Waals surface area contributed by atoms with Gasteiger partial charge in [-0.1, -0.05) is 37.1 Å². The lowest BCUT2D eigenvalue weighted by Crippen LogP contribution is -2.39. The van der Waals surface area contributed by atoms with Gasteiger partial charge in [-0.3, -0.25) is 4.79 Å². The third-order valence-electron chi connectivity index (χ3n) is 5.95. The van der Waals surface area contributed by atoms with Crippen LogP contribution in [0.3, 0.4) is 0 Å². The Morgan fingerprint density at radius 1 is 0.964 bits per heavy atom. The predicted octanol–water partition coefficient (Wildman–Crippen LogP) is 4.45. The van der Waals surface area contributed by atoms with Gasteiger partial charge in [0.25, 0.3) is 5.91 Å². The molecule has 0 radical (unpaired) electrons. The number of carbonyl (C=O) groups excluding carboxylic acids is 1. The lowest BCUT2D eigenvalue weighted by atomic mass is 9.78. The molecule has 0 saturated heterocycles. The highest BCUT2D eigenvalue weighted by Crippen LogP contribution is 2.43. The van der Waals surface area contributed by atoms with E-state index in [9.17, 15) is 4.79 Å². The quantitative estimate of drug-likeness (QED) is 0.730. The number of benzene rings is 2. The van der Waals surface area contributed by atoms with Crippen LogP contribution in [0.4, 0.5) is 0 Å². The van der Waals surface area contributed by atoms with E-state index >= 15 is 0 Å². The highest BCUT2D eigenvalue weighted by atomic mass is 16.6. The highest BCUT2D eigenvalue weighted by molar-refractivity contribution is 5.96. The summed E-state index contributed by atoms with van der Waals surface area (Å²) >= 11 is 0. The van der Waals surface area contributed by atoms with Gasteiger partial charge in [-0.25, -0.2) is 0 Å². The second-order valence-electron chi connectivity index (χ2n) is 7.68. The Morgan fingerprint density at radius 3 is 2.57 bits per heavy atom. The van der Waals surface area contributed by atoms with Crippen molar-refractivity contribution >= 4 is 16.9 Å². The Morgan fingerprint density at radius 2 is 1.75 bits per heavy atom. The van der Waals surface area contributed by atoms with E-state index in [1.807, 2.05) is 30.3 Å². The molecular formula is C23H23NO4. The molecule has 0 atom stereocenters. The van der Waals surface area contributed by atoms with Gasteiger partial charge in [0, 0.05) is 17.3 Å². The highest BCUT2D eigenvalue weighted by Gasteiger charge is 2.37. The van der Waals surface area contributed by atoms with E-state index in [4.69, 9.17) is 13.9 Å². The van der Waals surface area contributed by atoms with Crippen LogP contribution < -0.4 is 14.8 Å². The summed E-state index contributed by atoms with van der Waals surface area (Å²) < 4.78 is 17.1. The molecular weight excluding hydrogens is 354 g/mol. The Balaban J connectivity index is 1.37. The first kappa shape index (κ1) is 17.2. The van der Waals surface area contributed by atoms with Gasteiger partial charge in [0.1, 0.15) is 18.8 Å². The monoisotopic (exact) mass is 377 g/mol. The summed E-state index contributed by atoms with van der Waals surface area (Å²) in [7, 11) is 0. The molecule has 0 unspecified atom stereocenters. The number of nitrogens with one attached hydrogen (secondary N) is 1. The number of carbonyl (C=O) groups is 1. The number of hydrogen-bond acceptors (Lipinski definition) is 4. The van der Waals surface area contributed by atoms with Gasteiger partial charge in [0.2, 0.25) is 0 Å². The molecule has 1 fully saturated rings. The molecule has 1 amide bonds. The number of rotatable bonds is 4. The fourth-order valence-electron chi connectivity index (χ4n) is 4.42. The molecule has 5 nitrogen and oxygen atoms in total. The van der Waals surface area contributed by atoms with E-state index in [2.05, 4.69) is 17.4 Å². The summed E-state index contributed by atoms with van der Waals surface area (Å²) in [6.07, 6.45) is 4.42. The molecule has 2 aromatic carbocycles. The maximum Gasteiger partial charge on any atom is 0.287 e. The van der Waals surface area contributed by atoms with Gasteiger partial charge in [0.05, 0.1) is 0 Å². The molecule has 0 spiro atoms. The fourth-order valence-corrected chi connectivity index (χ4v) is 4.42. The molecule has 5 rings (SSSR count). The lowest BCUT2D eigenvalue weighted by molar-refractivity contribution is 0.0917. The predicted molar refractivity (Wildman–Crippen MR) is 106 cm³/mol. The lowest BCUT2D eigenvalue weighted by Gasteiger charge is -2.31. The molecule has 2 heterocycles. The van der Waals surface area contributed by atoms with Crippen molar-refractivity contribution in [2.45, 2.75) is 31.1 Å². The number of furan rings is 1. The molecule has 0 bridgehead atoms. The number of amides is 1. The molecule has 1 aromatic heterocycles. The van der Waals surface area contributed by atoms with E-state index < -0.39 is 0 Å². The minimum atomic E-state index is -0.167. The van der Waals surface area contributed by atoms with Crippen LogP contribution in [0.15, 0.2) is 52.9 Å².